The first kappa shape index (κ1) is 23.7. The van der Waals surface area contributed by atoms with Gasteiger partial charge >= 0.3 is 6.09 Å². The van der Waals surface area contributed by atoms with Gasteiger partial charge in [-0.1, -0.05) is 0 Å². The third-order valence-electron chi connectivity index (χ3n) is 6.14. The van der Waals surface area contributed by atoms with Crippen LogP contribution in [-0.4, -0.2) is 50.1 Å². The number of aromatic nitrogens is 3. The van der Waals surface area contributed by atoms with Gasteiger partial charge in [0.15, 0.2) is 0 Å². The Morgan fingerprint density at radius 1 is 1.26 bits per heavy atom. The van der Waals surface area contributed by atoms with E-state index >= 15 is 0 Å². The van der Waals surface area contributed by atoms with Gasteiger partial charge in [0.05, 0.1) is 11.0 Å². The Hall–Kier alpha value is -3.42. The molecule has 1 amide bonds. The maximum Gasteiger partial charge on any atom is 0.410 e. The molecular formula is C26H32N4O4. The Morgan fingerprint density at radius 3 is 2.71 bits per heavy atom. The highest BCUT2D eigenvalue weighted by molar-refractivity contribution is 5.87. The summed E-state index contributed by atoms with van der Waals surface area (Å²) in [5.74, 6) is 0.961. The maximum atomic E-state index is 12.7. The van der Waals surface area contributed by atoms with E-state index in [1.807, 2.05) is 32.9 Å². The molecule has 0 bridgehead atoms. The number of amides is 1. The molecule has 0 unspecified atom stereocenters. The van der Waals surface area contributed by atoms with E-state index in [2.05, 4.69) is 4.57 Å². The number of pyridine rings is 1. The van der Waals surface area contributed by atoms with Crippen LogP contribution in [0, 0.1) is 12.8 Å². The van der Waals surface area contributed by atoms with Gasteiger partial charge in [0.1, 0.15) is 17.7 Å². The van der Waals surface area contributed by atoms with E-state index in [-0.39, 0.29) is 17.6 Å². The van der Waals surface area contributed by atoms with Gasteiger partial charge in [-0.25, -0.2) is 9.78 Å². The number of fused-ring (bicyclic) bond motifs is 1. The van der Waals surface area contributed by atoms with E-state index in [4.69, 9.17) is 9.72 Å². The Kier molecular flexibility index (Phi) is 6.34. The molecule has 0 radical (unpaired) electrons. The molecule has 8 nitrogen and oxygen atoms in total. The molecule has 4 rings (SSSR count). The summed E-state index contributed by atoms with van der Waals surface area (Å²) < 4.78 is 9.30. The molecule has 180 valence electrons. The van der Waals surface area contributed by atoms with E-state index in [1.54, 1.807) is 41.8 Å². The monoisotopic (exact) mass is 464 g/mol. The number of benzene rings is 1. The molecule has 1 saturated heterocycles. The second-order valence-corrected chi connectivity index (χ2v) is 10.2. The smallest absolute Gasteiger partial charge is 0.410 e. The lowest BCUT2D eigenvalue weighted by atomic mass is 9.98. The molecule has 1 fully saturated rings. The second-order valence-electron chi connectivity index (χ2n) is 10.2. The van der Waals surface area contributed by atoms with E-state index in [1.165, 1.54) is 0 Å². The van der Waals surface area contributed by atoms with Crippen molar-refractivity contribution in [3.05, 3.63) is 51.9 Å². The van der Waals surface area contributed by atoms with Crippen molar-refractivity contribution in [2.75, 3.05) is 13.1 Å². The lowest BCUT2D eigenvalue weighted by molar-refractivity contribution is 0.0158. The quantitative estimate of drug-likeness (QED) is 0.541. The molecule has 0 aliphatic carbocycles. The third-order valence-corrected chi connectivity index (χ3v) is 6.14. The summed E-state index contributed by atoms with van der Waals surface area (Å²) in [7, 11) is 1.73. The minimum absolute atomic E-state index is 0.0464. The van der Waals surface area contributed by atoms with Gasteiger partial charge in [-0.05, 0) is 70.7 Å². The minimum atomic E-state index is -0.533. The molecule has 0 saturated carbocycles. The van der Waals surface area contributed by atoms with Crippen molar-refractivity contribution in [2.24, 2.45) is 13.0 Å². The van der Waals surface area contributed by atoms with E-state index < -0.39 is 5.60 Å². The standard InChI is InChI=1S/C26H32N4O4/c1-17-11-20(15-28(5)24(17)32)23-27-21-12-18(16-31)8-9-22(21)30(23)14-19-7-6-10-29(13-19)25(33)34-26(2,3)4/h8-9,11-12,15-16,19H,6-7,10,13-14H2,1-5H3/t19-/m1/s1. The number of hydrogen-bond acceptors (Lipinski definition) is 5. The Labute approximate surface area is 199 Å². The number of piperidine rings is 1. The van der Waals surface area contributed by atoms with Crippen LogP contribution in [0.5, 0.6) is 0 Å². The third kappa shape index (κ3) is 4.90. The van der Waals surface area contributed by atoms with Crippen LogP contribution in [0.15, 0.2) is 35.3 Å². The number of carbonyl (C=O) groups excluding carboxylic acids is 2. The first-order valence-corrected chi connectivity index (χ1v) is 11.7. The van der Waals surface area contributed by atoms with Gasteiger partial charge in [0.2, 0.25) is 0 Å². The highest BCUT2D eigenvalue weighted by Crippen LogP contribution is 2.29. The fourth-order valence-corrected chi connectivity index (χ4v) is 4.59. The number of carbonyl (C=O) groups is 2. The number of nitrogens with zero attached hydrogens (tertiary/aromatic N) is 4. The summed E-state index contributed by atoms with van der Waals surface area (Å²) in [5.41, 5.74) is 3.11. The van der Waals surface area contributed by atoms with Crippen LogP contribution in [0.3, 0.4) is 0 Å². The van der Waals surface area contributed by atoms with Crippen molar-refractivity contribution in [2.45, 2.75) is 52.7 Å². The molecular weight excluding hydrogens is 432 g/mol. The van der Waals surface area contributed by atoms with E-state index in [9.17, 15) is 14.4 Å². The number of ether oxygens (including phenoxy) is 1. The van der Waals surface area contributed by atoms with Gasteiger partial charge in [0, 0.05) is 49.6 Å². The van der Waals surface area contributed by atoms with E-state index in [0.717, 1.165) is 41.5 Å². The summed E-state index contributed by atoms with van der Waals surface area (Å²) in [5, 5.41) is 0. The Balaban J connectivity index is 1.71. The molecule has 0 N–H and O–H groups in total. The normalized spacial score (nSPS) is 16.6. The van der Waals surface area contributed by atoms with Gasteiger partial charge in [-0.3, -0.25) is 9.59 Å². The van der Waals surface area contributed by atoms with Crippen LogP contribution in [0.2, 0.25) is 0 Å². The van der Waals surface area contributed by atoms with Gasteiger partial charge in [-0.2, -0.15) is 0 Å². The predicted molar refractivity (Wildman–Crippen MR) is 131 cm³/mol. The van der Waals surface area contributed by atoms with Crippen LogP contribution in [0.25, 0.3) is 22.4 Å². The molecule has 3 heterocycles. The van der Waals surface area contributed by atoms with Crippen LogP contribution in [-0.2, 0) is 18.3 Å². The average molecular weight is 465 g/mol. The van der Waals surface area contributed by atoms with Crippen LogP contribution in [0.4, 0.5) is 4.79 Å². The predicted octanol–water partition coefficient (Wildman–Crippen LogP) is 4.17. The number of aryl methyl sites for hydroxylation is 2. The highest BCUT2D eigenvalue weighted by atomic mass is 16.6. The summed E-state index contributed by atoms with van der Waals surface area (Å²) in [6.45, 7) is 9.37. The van der Waals surface area contributed by atoms with Crippen molar-refractivity contribution in [3.63, 3.8) is 0 Å². The number of likely N-dealkylation sites (tertiary alicyclic amines) is 1. The molecule has 1 aliphatic rings. The van der Waals surface area contributed by atoms with Crippen LogP contribution in [0.1, 0.15) is 49.5 Å². The van der Waals surface area contributed by atoms with Gasteiger partial charge in [-0.15, -0.1) is 0 Å². The van der Waals surface area contributed by atoms with Crippen molar-refractivity contribution in [3.8, 4) is 11.4 Å². The van der Waals surface area contributed by atoms with E-state index in [0.29, 0.717) is 30.8 Å². The number of rotatable bonds is 4. The topological polar surface area (TPSA) is 86.4 Å². The number of hydrogen-bond donors (Lipinski definition) is 0. The zero-order valence-corrected chi connectivity index (χ0v) is 20.5. The largest absolute Gasteiger partial charge is 0.444 e. The Bertz CT molecular complexity index is 1270. The summed E-state index contributed by atoms with van der Waals surface area (Å²) in [6, 6.07) is 7.34. The second kappa shape index (κ2) is 9.08. The van der Waals surface area contributed by atoms with Crippen molar-refractivity contribution < 1.29 is 14.3 Å². The maximum absolute atomic E-state index is 12.7. The van der Waals surface area contributed by atoms with Gasteiger partial charge in [0.25, 0.3) is 5.56 Å². The molecule has 1 aliphatic heterocycles. The molecule has 8 heteroatoms. The molecule has 1 atom stereocenters. The number of aldehydes is 1. The summed E-state index contributed by atoms with van der Waals surface area (Å²) >= 11 is 0. The zero-order valence-electron chi connectivity index (χ0n) is 20.5. The molecule has 34 heavy (non-hydrogen) atoms. The molecule has 3 aromatic rings. The molecule has 0 spiro atoms. The minimum Gasteiger partial charge on any atom is -0.444 e. The van der Waals surface area contributed by atoms with Crippen molar-refractivity contribution in [1.82, 2.24) is 19.0 Å². The Morgan fingerprint density at radius 2 is 2.03 bits per heavy atom. The summed E-state index contributed by atoms with van der Waals surface area (Å²) in [4.78, 5) is 42.9. The summed E-state index contributed by atoms with van der Waals surface area (Å²) in [6.07, 6.45) is 4.21. The molecule has 1 aromatic carbocycles. The molecule has 2 aromatic heterocycles. The van der Waals surface area contributed by atoms with Crippen LogP contribution >= 0.6 is 0 Å². The first-order valence-electron chi connectivity index (χ1n) is 11.7. The highest BCUT2D eigenvalue weighted by Gasteiger charge is 2.29. The average Bonchev–Trinajstić information content (AvgIpc) is 3.13. The lowest BCUT2D eigenvalue weighted by Crippen LogP contribution is -2.43. The van der Waals surface area contributed by atoms with Crippen LogP contribution < -0.4 is 5.56 Å². The SMILES string of the molecule is Cc1cc(-c2nc3cc(C=O)ccc3n2C[C@@H]2CCCN(C(=O)OC(C)(C)C)C2)cn(C)c1=O. The lowest BCUT2D eigenvalue weighted by Gasteiger charge is -2.34. The first-order chi connectivity index (χ1) is 16.1. The zero-order chi connectivity index (χ0) is 24.6. The fraction of sp³-hybridized carbons (Fsp3) is 0.462. The van der Waals surface area contributed by atoms with Crippen molar-refractivity contribution in [1.29, 1.82) is 0 Å². The van der Waals surface area contributed by atoms with Crippen molar-refractivity contribution >= 4 is 23.4 Å². The van der Waals surface area contributed by atoms with Gasteiger partial charge < -0.3 is 18.8 Å². The number of imidazole rings is 1. The fourth-order valence-electron chi connectivity index (χ4n) is 4.59.